The molecule has 1 fully saturated rings. The van der Waals surface area contributed by atoms with E-state index in [-0.39, 0.29) is 24.4 Å². The van der Waals surface area contributed by atoms with Crippen molar-refractivity contribution in [3.63, 3.8) is 0 Å². The summed E-state index contributed by atoms with van der Waals surface area (Å²) in [5, 5.41) is 0. The topological polar surface area (TPSA) is 62.4 Å². The first-order valence-corrected chi connectivity index (χ1v) is 8.84. The molecule has 1 heterocycles. The molecule has 1 aromatic heterocycles. The van der Waals surface area contributed by atoms with Gasteiger partial charge in [-0.25, -0.2) is 9.18 Å². The van der Waals surface area contributed by atoms with Gasteiger partial charge in [-0.15, -0.1) is 0 Å². The number of esters is 1. The van der Waals surface area contributed by atoms with Crippen molar-refractivity contribution in [2.24, 2.45) is 0 Å². The second kappa shape index (κ2) is 7.32. The monoisotopic (exact) mass is 358 g/mol. The molecule has 1 aromatic carbocycles. The molecular weight excluding hydrogens is 335 g/mol. The van der Waals surface area contributed by atoms with Crippen LogP contribution in [0.15, 0.2) is 24.3 Å². The van der Waals surface area contributed by atoms with E-state index in [9.17, 15) is 14.0 Å². The highest BCUT2D eigenvalue weighted by Crippen LogP contribution is 2.31. The number of H-pyrrole nitrogens is 1. The van der Waals surface area contributed by atoms with Crippen molar-refractivity contribution in [1.82, 2.24) is 9.88 Å². The number of halogens is 1. The molecule has 138 valence electrons. The molecule has 0 saturated heterocycles. The first-order valence-electron chi connectivity index (χ1n) is 8.84. The van der Waals surface area contributed by atoms with Crippen molar-refractivity contribution >= 4 is 11.9 Å². The number of hydrogen-bond donors (Lipinski definition) is 1. The van der Waals surface area contributed by atoms with E-state index in [4.69, 9.17) is 4.74 Å². The van der Waals surface area contributed by atoms with E-state index in [1.54, 1.807) is 31.7 Å². The van der Waals surface area contributed by atoms with Gasteiger partial charge in [0.2, 0.25) is 0 Å². The van der Waals surface area contributed by atoms with Crippen molar-refractivity contribution in [2.75, 3.05) is 6.61 Å². The van der Waals surface area contributed by atoms with Crippen LogP contribution in [0.3, 0.4) is 0 Å². The maximum atomic E-state index is 13.5. The van der Waals surface area contributed by atoms with Crippen LogP contribution in [0.1, 0.15) is 57.4 Å². The fourth-order valence-electron chi connectivity index (χ4n) is 3.20. The van der Waals surface area contributed by atoms with Crippen LogP contribution in [0.5, 0.6) is 0 Å². The van der Waals surface area contributed by atoms with Crippen LogP contribution in [0.25, 0.3) is 0 Å². The quantitative estimate of drug-likeness (QED) is 0.800. The molecule has 0 radical (unpaired) electrons. The molecule has 1 aliphatic carbocycles. The maximum absolute atomic E-state index is 13.5. The predicted molar refractivity (Wildman–Crippen MR) is 95.5 cm³/mol. The molecule has 0 bridgehead atoms. The molecule has 0 atom stereocenters. The third-order valence-electron chi connectivity index (χ3n) is 4.62. The summed E-state index contributed by atoms with van der Waals surface area (Å²) in [7, 11) is 0. The number of amides is 1. The number of aromatic amines is 1. The minimum Gasteiger partial charge on any atom is -0.462 e. The second-order valence-electron chi connectivity index (χ2n) is 6.64. The Morgan fingerprint density at radius 3 is 2.65 bits per heavy atom. The van der Waals surface area contributed by atoms with E-state index in [2.05, 4.69) is 4.98 Å². The zero-order valence-corrected chi connectivity index (χ0v) is 15.3. The Morgan fingerprint density at radius 2 is 2.04 bits per heavy atom. The van der Waals surface area contributed by atoms with E-state index in [0.717, 1.165) is 18.4 Å². The van der Waals surface area contributed by atoms with Gasteiger partial charge < -0.3 is 14.6 Å². The summed E-state index contributed by atoms with van der Waals surface area (Å²) in [6, 6.07) is 6.43. The van der Waals surface area contributed by atoms with E-state index < -0.39 is 5.97 Å². The van der Waals surface area contributed by atoms with E-state index >= 15 is 0 Å². The van der Waals surface area contributed by atoms with E-state index in [0.29, 0.717) is 29.1 Å². The molecule has 0 unspecified atom stereocenters. The smallest absolute Gasteiger partial charge is 0.340 e. The Kier molecular flexibility index (Phi) is 5.11. The van der Waals surface area contributed by atoms with Gasteiger partial charge in [0.15, 0.2) is 0 Å². The third-order valence-corrected chi connectivity index (χ3v) is 4.62. The number of nitrogens with one attached hydrogen (secondary N) is 1. The lowest BCUT2D eigenvalue weighted by Crippen LogP contribution is -2.33. The maximum Gasteiger partial charge on any atom is 0.340 e. The fourth-order valence-corrected chi connectivity index (χ4v) is 3.20. The lowest BCUT2D eigenvalue weighted by atomic mass is 10.1. The van der Waals surface area contributed by atoms with E-state index in [1.807, 2.05) is 6.07 Å². The van der Waals surface area contributed by atoms with Crippen molar-refractivity contribution in [2.45, 2.75) is 46.2 Å². The summed E-state index contributed by atoms with van der Waals surface area (Å²) in [6.07, 6.45) is 1.87. The Morgan fingerprint density at radius 1 is 1.31 bits per heavy atom. The number of rotatable bonds is 6. The number of carbonyl (C=O) groups excluding carboxylic acids is 2. The molecule has 26 heavy (non-hydrogen) atoms. The van der Waals surface area contributed by atoms with E-state index in [1.165, 1.54) is 12.1 Å². The number of carbonyl (C=O) groups is 2. The van der Waals surface area contributed by atoms with Crippen LogP contribution in [0.2, 0.25) is 0 Å². The number of aromatic nitrogens is 1. The highest BCUT2D eigenvalue weighted by atomic mass is 19.1. The Hall–Kier alpha value is -2.63. The van der Waals surface area contributed by atoms with Crippen molar-refractivity contribution in [3.8, 4) is 0 Å². The first kappa shape index (κ1) is 18.2. The third kappa shape index (κ3) is 3.64. The van der Waals surface area contributed by atoms with Gasteiger partial charge in [-0.05, 0) is 56.9 Å². The summed E-state index contributed by atoms with van der Waals surface area (Å²) in [4.78, 5) is 30.1. The minimum atomic E-state index is -0.430. The molecule has 5 nitrogen and oxygen atoms in total. The molecule has 1 aliphatic rings. The van der Waals surface area contributed by atoms with Gasteiger partial charge in [0.25, 0.3) is 5.91 Å². The lowest BCUT2D eigenvalue weighted by molar-refractivity contribution is 0.0525. The first-order chi connectivity index (χ1) is 12.4. The number of nitrogens with zero attached hydrogens (tertiary/aromatic N) is 1. The van der Waals surface area contributed by atoms with Gasteiger partial charge in [0, 0.05) is 18.3 Å². The zero-order valence-electron chi connectivity index (χ0n) is 15.3. The molecule has 1 amide bonds. The molecule has 1 saturated carbocycles. The van der Waals surface area contributed by atoms with Crippen LogP contribution in [-0.2, 0) is 11.3 Å². The average Bonchev–Trinajstić information content (AvgIpc) is 3.38. The van der Waals surface area contributed by atoms with Gasteiger partial charge in [-0.1, -0.05) is 12.1 Å². The molecular formula is C20H23FN2O3. The SMILES string of the molecule is CCOC(=O)c1c(C)[nH]c(C(=O)N(Cc2cccc(F)c2)C2CC2)c1C. The van der Waals surface area contributed by atoms with Gasteiger partial charge >= 0.3 is 5.97 Å². The average molecular weight is 358 g/mol. The normalized spacial score (nSPS) is 13.5. The summed E-state index contributed by atoms with van der Waals surface area (Å²) < 4.78 is 18.6. The van der Waals surface area contributed by atoms with Crippen LogP contribution >= 0.6 is 0 Å². The number of aryl methyl sites for hydroxylation is 1. The van der Waals surface area contributed by atoms with Gasteiger partial charge in [-0.3, -0.25) is 4.79 Å². The standard InChI is InChI=1S/C20H23FN2O3/c1-4-26-20(25)17-12(2)18(22-13(17)3)19(24)23(16-8-9-16)11-14-6-5-7-15(21)10-14/h5-7,10,16,22H,4,8-9,11H2,1-3H3. The van der Waals surface area contributed by atoms with Crippen LogP contribution < -0.4 is 0 Å². The number of ether oxygens (including phenoxy) is 1. The van der Waals surface area contributed by atoms with Gasteiger partial charge in [0.05, 0.1) is 12.2 Å². The summed E-state index contributed by atoms with van der Waals surface area (Å²) in [5.41, 5.74) is 2.77. The molecule has 6 heteroatoms. The summed E-state index contributed by atoms with van der Waals surface area (Å²) in [5.74, 6) is -0.920. The van der Waals surface area contributed by atoms with Gasteiger partial charge in [0.1, 0.15) is 11.5 Å². The highest BCUT2D eigenvalue weighted by molar-refractivity contribution is 6.00. The molecule has 0 spiro atoms. The van der Waals surface area contributed by atoms with Crippen LogP contribution in [0.4, 0.5) is 4.39 Å². The van der Waals surface area contributed by atoms with Crippen molar-refractivity contribution in [3.05, 3.63) is 58.2 Å². The summed E-state index contributed by atoms with van der Waals surface area (Å²) >= 11 is 0. The van der Waals surface area contributed by atoms with Crippen molar-refractivity contribution in [1.29, 1.82) is 0 Å². The Balaban J connectivity index is 1.88. The van der Waals surface area contributed by atoms with Gasteiger partial charge in [-0.2, -0.15) is 0 Å². The number of hydrogen-bond acceptors (Lipinski definition) is 3. The highest BCUT2D eigenvalue weighted by Gasteiger charge is 2.35. The Labute approximate surface area is 152 Å². The van der Waals surface area contributed by atoms with Crippen LogP contribution in [0, 0.1) is 19.7 Å². The molecule has 2 aromatic rings. The zero-order chi connectivity index (χ0) is 18.8. The molecule has 3 rings (SSSR count). The fraction of sp³-hybridized carbons (Fsp3) is 0.400. The minimum absolute atomic E-state index is 0.153. The van der Waals surface area contributed by atoms with Crippen molar-refractivity contribution < 1.29 is 18.7 Å². The molecule has 0 aliphatic heterocycles. The lowest BCUT2D eigenvalue weighted by Gasteiger charge is -2.22. The Bertz CT molecular complexity index is 840. The number of benzene rings is 1. The largest absolute Gasteiger partial charge is 0.462 e. The molecule has 1 N–H and O–H groups in total. The second-order valence-corrected chi connectivity index (χ2v) is 6.64. The van der Waals surface area contributed by atoms with Crippen LogP contribution in [-0.4, -0.2) is 34.4 Å². The predicted octanol–water partition coefficient (Wildman–Crippen LogP) is 3.75. The summed E-state index contributed by atoms with van der Waals surface area (Å²) in [6.45, 7) is 5.86.